The van der Waals surface area contributed by atoms with Crippen molar-refractivity contribution in [2.75, 3.05) is 14.2 Å². The van der Waals surface area contributed by atoms with Crippen molar-refractivity contribution in [3.05, 3.63) is 29.6 Å². The first-order chi connectivity index (χ1) is 8.63. The van der Waals surface area contributed by atoms with E-state index in [1.165, 1.54) is 14.2 Å². The number of nitrogens with zero attached hydrogens (tertiary/aromatic N) is 1. The van der Waals surface area contributed by atoms with Crippen LogP contribution in [0.4, 0.5) is 0 Å². The number of rotatable bonds is 5. The van der Waals surface area contributed by atoms with E-state index >= 15 is 0 Å². The molecule has 5 nitrogen and oxygen atoms in total. The molecule has 0 aliphatic heterocycles. The van der Waals surface area contributed by atoms with E-state index in [0.717, 1.165) is 0 Å². The molecule has 0 aromatic carbocycles. The molecule has 0 aliphatic carbocycles. The molecule has 0 saturated heterocycles. The van der Waals surface area contributed by atoms with Crippen LogP contribution >= 0.6 is 0 Å². The molecule has 1 heterocycles. The van der Waals surface area contributed by atoms with E-state index in [-0.39, 0.29) is 11.9 Å². The Morgan fingerprint density at radius 2 is 2.06 bits per heavy atom. The largest absolute Gasteiger partial charge is 0.469 e. The van der Waals surface area contributed by atoms with E-state index in [4.69, 9.17) is 4.74 Å². The van der Waals surface area contributed by atoms with Crippen molar-refractivity contribution >= 4 is 11.9 Å². The summed E-state index contributed by atoms with van der Waals surface area (Å²) >= 11 is 0. The molecule has 0 N–H and O–H groups in total. The minimum Gasteiger partial charge on any atom is -0.469 e. The Bertz CT molecular complexity index is 431. The fourth-order valence-electron chi connectivity index (χ4n) is 1.69. The van der Waals surface area contributed by atoms with Crippen LogP contribution in [-0.2, 0) is 20.7 Å². The number of aromatic nitrogens is 1. The van der Waals surface area contributed by atoms with Crippen molar-refractivity contribution in [3.8, 4) is 0 Å². The normalized spacial score (nSPS) is 11.7. The summed E-state index contributed by atoms with van der Waals surface area (Å²) in [6, 6.07) is 3.30. The first-order valence-corrected chi connectivity index (χ1v) is 5.74. The zero-order valence-corrected chi connectivity index (χ0v) is 10.8. The van der Waals surface area contributed by atoms with Gasteiger partial charge >= 0.3 is 11.9 Å². The molecule has 5 heteroatoms. The average molecular weight is 251 g/mol. The lowest BCUT2D eigenvalue weighted by molar-refractivity contribution is -0.145. The smallest absolute Gasteiger partial charge is 0.339 e. The Labute approximate surface area is 106 Å². The van der Waals surface area contributed by atoms with Gasteiger partial charge in [-0.05, 0) is 18.6 Å². The Hall–Kier alpha value is -1.91. The highest BCUT2D eigenvalue weighted by atomic mass is 16.5. The second-order valence-corrected chi connectivity index (χ2v) is 3.82. The van der Waals surface area contributed by atoms with Crippen molar-refractivity contribution < 1.29 is 19.1 Å². The van der Waals surface area contributed by atoms with Crippen LogP contribution in [0.1, 0.15) is 29.4 Å². The number of hydrogen-bond acceptors (Lipinski definition) is 5. The molecule has 98 valence electrons. The van der Waals surface area contributed by atoms with Crippen LogP contribution in [0.3, 0.4) is 0 Å². The van der Waals surface area contributed by atoms with E-state index in [9.17, 15) is 9.59 Å². The summed E-state index contributed by atoms with van der Waals surface area (Å²) in [7, 11) is 2.67. The lowest BCUT2D eigenvalue weighted by Gasteiger charge is -2.13. The Morgan fingerprint density at radius 1 is 1.33 bits per heavy atom. The lowest BCUT2D eigenvalue weighted by atomic mass is 9.97. The molecule has 0 fully saturated rings. The molecule has 1 rings (SSSR count). The summed E-state index contributed by atoms with van der Waals surface area (Å²) in [6.45, 7) is 1.89. The van der Waals surface area contributed by atoms with Crippen molar-refractivity contribution in [2.45, 2.75) is 19.8 Å². The molecule has 18 heavy (non-hydrogen) atoms. The van der Waals surface area contributed by atoms with Crippen molar-refractivity contribution in [1.82, 2.24) is 4.98 Å². The highest BCUT2D eigenvalue weighted by Crippen LogP contribution is 2.16. The van der Waals surface area contributed by atoms with Gasteiger partial charge in [-0.15, -0.1) is 0 Å². The topological polar surface area (TPSA) is 65.5 Å². The maximum absolute atomic E-state index is 11.6. The van der Waals surface area contributed by atoms with Crippen molar-refractivity contribution in [3.63, 3.8) is 0 Å². The molecule has 0 spiro atoms. The van der Waals surface area contributed by atoms with Gasteiger partial charge in [-0.1, -0.05) is 6.92 Å². The third-order valence-corrected chi connectivity index (χ3v) is 2.76. The summed E-state index contributed by atoms with van der Waals surface area (Å²) in [5.74, 6) is -1.04. The number of esters is 2. The Balaban J connectivity index is 2.96. The number of methoxy groups -OCH3 is 2. The van der Waals surface area contributed by atoms with E-state index < -0.39 is 5.97 Å². The maximum atomic E-state index is 11.6. The third-order valence-electron chi connectivity index (χ3n) is 2.76. The molecule has 0 saturated carbocycles. The van der Waals surface area contributed by atoms with Crippen LogP contribution < -0.4 is 0 Å². The van der Waals surface area contributed by atoms with Gasteiger partial charge in [0.25, 0.3) is 0 Å². The summed E-state index contributed by atoms with van der Waals surface area (Å²) in [6.07, 6.45) is 2.59. The predicted molar refractivity (Wildman–Crippen MR) is 65.1 cm³/mol. The van der Waals surface area contributed by atoms with Gasteiger partial charge in [0.05, 0.1) is 31.4 Å². The molecular weight excluding hydrogens is 234 g/mol. The first-order valence-electron chi connectivity index (χ1n) is 5.74. The minimum absolute atomic E-state index is 0.293. The summed E-state index contributed by atoms with van der Waals surface area (Å²) in [5.41, 5.74) is 0.948. The standard InChI is InChI=1S/C13H17NO4/c1-4-9(12(15)17-2)8-11-10(13(16)18-3)6-5-7-14-11/h5-7,9H,4,8H2,1-3H3. The van der Waals surface area contributed by atoms with E-state index in [2.05, 4.69) is 9.72 Å². The van der Waals surface area contributed by atoms with Gasteiger partial charge in [0.1, 0.15) is 0 Å². The lowest BCUT2D eigenvalue weighted by Crippen LogP contribution is -2.20. The van der Waals surface area contributed by atoms with E-state index in [1.807, 2.05) is 6.92 Å². The van der Waals surface area contributed by atoms with Crippen LogP contribution in [0.25, 0.3) is 0 Å². The molecule has 1 atom stereocenters. The second-order valence-electron chi connectivity index (χ2n) is 3.82. The SMILES string of the molecule is CCC(Cc1ncccc1C(=O)OC)C(=O)OC. The molecule has 0 amide bonds. The zero-order chi connectivity index (χ0) is 13.5. The van der Waals surface area contributed by atoms with Gasteiger partial charge < -0.3 is 9.47 Å². The highest BCUT2D eigenvalue weighted by molar-refractivity contribution is 5.90. The number of carbonyl (C=O) groups is 2. The number of carbonyl (C=O) groups excluding carboxylic acids is 2. The van der Waals surface area contributed by atoms with Crippen LogP contribution in [0.2, 0.25) is 0 Å². The van der Waals surface area contributed by atoms with Crippen LogP contribution in [-0.4, -0.2) is 31.1 Å². The fraction of sp³-hybridized carbons (Fsp3) is 0.462. The van der Waals surface area contributed by atoms with Crippen LogP contribution in [0, 0.1) is 5.92 Å². The minimum atomic E-state index is -0.446. The van der Waals surface area contributed by atoms with Gasteiger partial charge in [0, 0.05) is 12.6 Å². The summed E-state index contributed by atoms with van der Waals surface area (Å²) in [4.78, 5) is 27.2. The molecule has 0 radical (unpaired) electrons. The van der Waals surface area contributed by atoms with Gasteiger partial charge in [-0.2, -0.15) is 0 Å². The summed E-state index contributed by atoms with van der Waals surface area (Å²) < 4.78 is 9.40. The van der Waals surface area contributed by atoms with E-state index in [0.29, 0.717) is 24.1 Å². The van der Waals surface area contributed by atoms with Crippen molar-refractivity contribution in [2.24, 2.45) is 5.92 Å². The van der Waals surface area contributed by atoms with E-state index in [1.54, 1.807) is 18.3 Å². The number of ether oxygens (including phenoxy) is 2. The fourth-order valence-corrected chi connectivity index (χ4v) is 1.69. The molecule has 0 bridgehead atoms. The van der Waals surface area contributed by atoms with Gasteiger partial charge in [0.2, 0.25) is 0 Å². The number of hydrogen-bond donors (Lipinski definition) is 0. The first kappa shape index (κ1) is 14.2. The van der Waals surface area contributed by atoms with Crippen molar-refractivity contribution in [1.29, 1.82) is 0 Å². The van der Waals surface area contributed by atoms with Gasteiger partial charge in [0.15, 0.2) is 0 Å². The Kier molecular flexibility index (Phi) is 5.30. The zero-order valence-electron chi connectivity index (χ0n) is 10.8. The molecule has 1 aromatic rings. The van der Waals surface area contributed by atoms with Crippen LogP contribution in [0.5, 0.6) is 0 Å². The summed E-state index contributed by atoms with van der Waals surface area (Å²) in [5, 5.41) is 0. The molecule has 0 aliphatic rings. The van der Waals surface area contributed by atoms with Gasteiger partial charge in [-0.3, -0.25) is 9.78 Å². The van der Waals surface area contributed by atoms with Crippen LogP contribution in [0.15, 0.2) is 18.3 Å². The Morgan fingerprint density at radius 3 is 2.61 bits per heavy atom. The number of pyridine rings is 1. The highest BCUT2D eigenvalue weighted by Gasteiger charge is 2.21. The monoisotopic (exact) mass is 251 g/mol. The molecule has 1 unspecified atom stereocenters. The predicted octanol–water partition coefficient (Wildman–Crippen LogP) is 1.61. The van der Waals surface area contributed by atoms with Gasteiger partial charge in [-0.25, -0.2) is 4.79 Å². The maximum Gasteiger partial charge on any atom is 0.339 e. The quantitative estimate of drug-likeness (QED) is 0.744. The molecule has 1 aromatic heterocycles. The third kappa shape index (κ3) is 3.29. The average Bonchev–Trinajstić information content (AvgIpc) is 2.43. The second kappa shape index (κ2) is 6.74. The molecular formula is C13H17NO4.